The first-order valence-corrected chi connectivity index (χ1v) is 9.97. The topological polar surface area (TPSA) is 32.8 Å². The standard InChI is InChI=1S/C23H28N2O2/c1-27-22-10-6-5-9-21(22)24-13-15-25(16-14-24)23(26)17-20(19-11-12-19)18-7-3-2-4-8-18/h2-10,19-20H,11-17H2,1H3. The molecule has 2 aliphatic rings. The smallest absolute Gasteiger partial charge is 0.223 e. The fourth-order valence-corrected chi connectivity index (χ4v) is 4.16. The van der Waals surface area contributed by atoms with Crippen LogP contribution in [0.25, 0.3) is 0 Å². The van der Waals surface area contributed by atoms with Gasteiger partial charge in [-0.25, -0.2) is 0 Å². The molecule has 4 rings (SSSR count). The molecule has 27 heavy (non-hydrogen) atoms. The van der Waals surface area contributed by atoms with Crippen LogP contribution in [0.5, 0.6) is 5.75 Å². The minimum Gasteiger partial charge on any atom is -0.495 e. The maximum Gasteiger partial charge on any atom is 0.223 e. The molecule has 1 saturated heterocycles. The summed E-state index contributed by atoms with van der Waals surface area (Å²) in [7, 11) is 1.71. The van der Waals surface area contributed by atoms with Crippen LogP contribution in [-0.4, -0.2) is 44.1 Å². The first kappa shape index (κ1) is 17.9. The maximum atomic E-state index is 13.0. The van der Waals surface area contributed by atoms with E-state index in [9.17, 15) is 4.79 Å². The van der Waals surface area contributed by atoms with Crippen LogP contribution >= 0.6 is 0 Å². The van der Waals surface area contributed by atoms with Crippen molar-refractivity contribution in [3.05, 3.63) is 60.2 Å². The summed E-state index contributed by atoms with van der Waals surface area (Å²) < 4.78 is 5.49. The third kappa shape index (κ3) is 4.10. The molecule has 1 unspecified atom stereocenters. The highest BCUT2D eigenvalue weighted by Gasteiger charge is 2.35. The fourth-order valence-electron chi connectivity index (χ4n) is 4.16. The summed E-state index contributed by atoms with van der Waals surface area (Å²) in [5, 5.41) is 0. The van der Waals surface area contributed by atoms with E-state index in [1.807, 2.05) is 29.2 Å². The number of nitrogens with zero attached hydrogens (tertiary/aromatic N) is 2. The molecule has 2 aromatic carbocycles. The Bertz CT molecular complexity index is 765. The molecule has 0 spiro atoms. The lowest BCUT2D eigenvalue weighted by Gasteiger charge is -2.37. The molecule has 1 aliphatic heterocycles. The van der Waals surface area contributed by atoms with Crippen molar-refractivity contribution in [2.24, 2.45) is 5.92 Å². The number of ether oxygens (including phenoxy) is 1. The number of amides is 1. The van der Waals surface area contributed by atoms with Crippen LogP contribution in [0.2, 0.25) is 0 Å². The molecule has 2 aromatic rings. The molecule has 4 nitrogen and oxygen atoms in total. The number of hydrogen-bond donors (Lipinski definition) is 0. The average Bonchev–Trinajstić information content (AvgIpc) is 3.58. The van der Waals surface area contributed by atoms with Crippen molar-refractivity contribution in [1.29, 1.82) is 0 Å². The predicted molar refractivity (Wildman–Crippen MR) is 108 cm³/mol. The summed E-state index contributed by atoms with van der Waals surface area (Å²) in [5.74, 6) is 2.27. The van der Waals surface area contributed by atoms with Gasteiger partial charge in [0.15, 0.2) is 0 Å². The zero-order valence-electron chi connectivity index (χ0n) is 16.0. The van der Waals surface area contributed by atoms with Crippen molar-refractivity contribution in [3.63, 3.8) is 0 Å². The Balaban J connectivity index is 1.37. The highest BCUT2D eigenvalue weighted by molar-refractivity contribution is 5.77. The lowest BCUT2D eigenvalue weighted by atomic mass is 9.90. The van der Waals surface area contributed by atoms with Gasteiger partial charge in [0.25, 0.3) is 0 Å². The van der Waals surface area contributed by atoms with Gasteiger partial charge in [0.1, 0.15) is 5.75 Å². The Morgan fingerprint density at radius 2 is 1.67 bits per heavy atom. The summed E-state index contributed by atoms with van der Waals surface area (Å²) in [6.07, 6.45) is 3.16. The van der Waals surface area contributed by atoms with Crippen molar-refractivity contribution >= 4 is 11.6 Å². The number of rotatable bonds is 6. The van der Waals surface area contributed by atoms with Crippen molar-refractivity contribution in [3.8, 4) is 5.75 Å². The van der Waals surface area contributed by atoms with Crippen LogP contribution in [0.1, 0.15) is 30.7 Å². The highest BCUT2D eigenvalue weighted by Crippen LogP contribution is 2.44. The number of para-hydroxylation sites is 2. The van der Waals surface area contributed by atoms with Gasteiger partial charge in [0, 0.05) is 32.6 Å². The van der Waals surface area contributed by atoms with Crippen molar-refractivity contribution in [1.82, 2.24) is 4.90 Å². The lowest BCUT2D eigenvalue weighted by molar-refractivity contribution is -0.132. The van der Waals surface area contributed by atoms with Gasteiger partial charge in [-0.3, -0.25) is 4.79 Å². The maximum absolute atomic E-state index is 13.0. The lowest BCUT2D eigenvalue weighted by Crippen LogP contribution is -2.49. The molecule has 0 bridgehead atoms. The Labute approximate surface area is 161 Å². The first-order chi connectivity index (χ1) is 13.3. The van der Waals surface area contributed by atoms with E-state index in [4.69, 9.17) is 4.74 Å². The van der Waals surface area contributed by atoms with Gasteiger partial charge in [0.2, 0.25) is 5.91 Å². The molecule has 142 valence electrons. The van der Waals surface area contributed by atoms with Crippen LogP contribution in [0.3, 0.4) is 0 Å². The van der Waals surface area contributed by atoms with Gasteiger partial charge in [-0.05, 0) is 42.4 Å². The van der Waals surface area contributed by atoms with Gasteiger partial charge in [-0.1, -0.05) is 42.5 Å². The molecule has 0 radical (unpaired) electrons. The van der Waals surface area contributed by atoms with Gasteiger partial charge >= 0.3 is 0 Å². The Morgan fingerprint density at radius 3 is 2.33 bits per heavy atom. The number of hydrogen-bond acceptors (Lipinski definition) is 3. The van der Waals surface area contributed by atoms with Gasteiger partial charge in [0.05, 0.1) is 12.8 Å². The normalized spacial score (nSPS) is 18.3. The van der Waals surface area contributed by atoms with Crippen molar-refractivity contribution in [2.75, 3.05) is 38.2 Å². The molecule has 1 heterocycles. The van der Waals surface area contributed by atoms with Gasteiger partial charge < -0.3 is 14.5 Å². The van der Waals surface area contributed by atoms with E-state index in [0.29, 0.717) is 24.2 Å². The van der Waals surface area contributed by atoms with Crippen molar-refractivity contribution < 1.29 is 9.53 Å². The molecule has 1 atom stereocenters. The average molecular weight is 364 g/mol. The number of benzene rings is 2. The van der Waals surface area contributed by atoms with Crippen LogP contribution < -0.4 is 9.64 Å². The van der Waals surface area contributed by atoms with Crippen molar-refractivity contribution in [2.45, 2.75) is 25.2 Å². The second kappa shape index (κ2) is 8.03. The molecular formula is C23H28N2O2. The Kier molecular flexibility index (Phi) is 5.33. The largest absolute Gasteiger partial charge is 0.495 e. The summed E-state index contributed by atoms with van der Waals surface area (Å²) in [4.78, 5) is 17.3. The van der Waals surface area contributed by atoms with Crippen LogP contribution in [0.4, 0.5) is 5.69 Å². The highest BCUT2D eigenvalue weighted by atomic mass is 16.5. The fraction of sp³-hybridized carbons (Fsp3) is 0.435. The van der Waals surface area contributed by atoms with E-state index in [-0.39, 0.29) is 0 Å². The molecule has 1 aliphatic carbocycles. The summed E-state index contributed by atoms with van der Waals surface area (Å²) in [6.45, 7) is 3.27. The molecule has 0 N–H and O–H groups in total. The van der Waals surface area contributed by atoms with E-state index < -0.39 is 0 Å². The Morgan fingerprint density at radius 1 is 1.00 bits per heavy atom. The number of carbonyl (C=O) groups is 1. The minimum absolute atomic E-state index is 0.301. The van der Waals surface area contributed by atoms with E-state index in [0.717, 1.165) is 37.6 Å². The van der Waals surface area contributed by atoms with E-state index in [2.05, 4.69) is 35.2 Å². The first-order valence-electron chi connectivity index (χ1n) is 9.97. The Hall–Kier alpha value is -2.49. The zero-order valence-corrected chi connectivity index (χ0v) is 16.0. The summed E-state index contributed by atoms with van der Waals surface area (Å²) in [6, 6.07) is 18.7. The quantitative estimate of drug-likeness (QED) is 0.779. The molecule has 0 aromatic heterocycles. The molecule has 2 fully saturated rings. The third-order valence-electron chi connectivity index (χ3n) is 5.87. The van der Waals surface area contributed by atoms with Crippen LogP contribution in [-0.2, 0) is 4.79 Å². The van der Waals surface area contributed by atoms with Gasteiger partial charge in [-0.15, -0.1) is 0 Å². The second-order valence-corrected chi connectivity index (χ2v) is 7.60. The number of anilines is 1. The predicted octanol–water partition coefficient (Wildman–Crippen LogP) is 3.93. The number of piperazine rings is 1. The molecular weight excluding hydrogens is 336 g/mol. The SMILES string of the molecule is COc1ccccc1N1CCN(C(=O)CC(c2ccccc2)C2CC2)CC1. The van der Waals surface area contributed by atoms with E-state index >= 15 is 0 Å². The zero-order chi connectivity index (χ0) is 18.6. The second-order valence-electron chi connectivity index (χ2n) is 7.60. The van der Waals surface area contributed by atoms with E-state index in [1.165, 1.54) is 18.4 Å². The minimum atomic E-state index is 0.301. The number of carbonyl (C=O) groups excluding carboxylic acids is 1. The summed E-state index contributed by atoms with van der Waals surface area (Å²) >= 11 is 0. The summed E-state index contributed by atoms with van der Waals surface area (Å²) in [5.41, 5.74) is 2.44. The van der Waals surface area contributed by atoms with Gasteiger partial charge in [-0.2, -0.15) is 0 Å². The number of methoxy groups -OCH3 is 1. The van der Waals surface area contributed by atoms with Crippen LogP contribution in [0, 0.1) is 5.92 Å². The molecule has 4 heteroatoms. The van der Waals surface area contributed by atoms with Crippen LogP contribution in [0.15, 0.2) is 54.6 Å². The molecule has 1 saturated carbocycles. The third-order valence-corrected chi connectivity index (χ3v) is 5.87. The monoisotopic (exact) mass is 364 g/mol. The molecule has 1 amide bonds. The van der Waals surface area contributed by atoms with E-state index in [1.54, 1.807) is 7.11 Å².